The van der Waals surface area contributed by atoms with E-state index in [9.17, 15) is 9.59 Å². The largest absolute Gasteiger partial charge is 0.496 e. The van der Waals surface area contributed by atoms with Crippen molar-refractivity contribution in [1.29, 1.82) is 0 Å². The van der Waals surface area contributed by atoms with Crippen LogP contribution < -0.4 is 14.8 Å². The van der Waals surface area contributed by atoms with Gasteiger partial charge in [-0.15, -0.1) is 0 Å². The van der Waals surface area contributed by atoms with Crippen molar-refractivity contribution in [3.63, 3.8) is 0 Å². The van der Waals surface area contributed by atoms with Crippen LogP contribution in [0.2, 0.25) is 0 Å². The molecule has 0 radical (unpaired) electrons. The zero-order chi connectivity index (χ0) is 18.1. The first-order chi connectivity index (χ1) is 12.2. The minimum atomic E-state index is -0.637. The zero-order valence-electron chi connectivity index (χ0n) is 15.0. The lowest BCUT2D eigenvalue weighted by Crippen LogP contribution is -2.38. The fraction of sp³-hybridized carbons (Fsp3) is 0.579. The van der Waals surface area contributed by atoms with E-state index in [1.807, 2.05) is 0 Å². The maximum absolute atomic E-state index is 12.3. The van der Waals surface area contributed by atoms with Crippen molar-refractivity contribution >= 4 is 11.9 Å². The molecule has 0 heterocycles. The van der Waals surface area contributed by atoms with Gasteiger partial charge in [-0.3, -0.25) is 4.79 Å². The smallest absolute Gasteiger partial charge is 0.346 e. The third-order valence-corrected chi connectivity index (χ3v) is 4.44. The molecule has 0 spiro atoms. The second-order valence-corrected chi connectivity index (χ2v) is 6.22. The Labute approximate surface area is 148 Å². The lowest BCUT2D eigenvalue weighted by molar-refractivity contribution is -0.125. The van der Waals surface area contributed by atoms with Gasteiger partial charge < -0.3 is 19.5 Å². The molecule has 1 aromatic rings. The second-order valence-electron chi connectivity index (χ2n) is 6.22. The maximum Gasteiger partial charge on any atom is 0.346 e. The molecule has 1 aromatic carbocycles. The van der Waals surface area contributed by atoms with Crippen LogP contribution in [0.1, 0.15) is 55.3 Å². The Morgan fingerprint density at radius 1 is 1.00 bits per heavy atom. The predicted octanol–water partition coefficient (Wildman–Crippen LogP) is 3.09. The number of ether oxygens (including phenoxy) is 3. The maximum atomic E-state index is 12.3. The van der Waals surface area contributed by atoms with Crippen molar-refractivity contribution < 1.29 is 23.8 Å². The standard InChI is InChI=1S/C19H27NO5/c1-23-15-11-8-12-16(24-2)18(15)19(22)25-13-17(21)20-14-9-6-4-3-5-7-10-14/h8,11-12,14H,3-7,9-10,13H2,1-2H3,(H,20,21). The van der Waals surface area contributed by atoms with Gasteiger partial charge in [-0.1, -0.05) is 38.2 Å². The Kier molecular flexibility index (Phi) is 7.57. The van der Waals surface area contributed by atoms with Crippen molar-refractivity contribution in [2.45, 2.75) is 51.0 Å². The number of hydrogen-bond donors (Lipinski definition) is 1. The first-order valence-electron chi connectivity index (χ1n) is 8.83. The van der Waals surface area contributed by atoms with Crippen LogP contribution in [-0.4, -0.2) is 38.7 Å². The highest BCUT2D eigenvalue weighted by atomic mass is 16.5. The summed E-state index contributed by atoms with van der Waals surface area (Å²) < 4.78 is 15.5. The normalized spacial score (nSPS) is 15.6. The minimum Gasteiger partial charge on any atom is -0.496 e. The van der Waals surface area contributed by atoms with Gasteiger partial charge in [-0.05, 0) is 25.0 Å². The number of esters is 1. The van der Waals surface area contributed by atoms with E-state index in [2.05, 4.69) is 5.32 Å². The van der Waals surface area contributed by atoms with E-state index in [0.717, 1.165) is 25.7 Å². The fourth-order valence-electron chi connectivity index (χ4n) is 3.13. The van der Waals surface area contributed by atoms with Crippen molar-refractivity contribution in [1.82, 2.24) is 5.32 Å². The third-order valence-electron chi connectivity index (χ3n) is 4.44. The van der Waals surface area contributed by atoms with Crippen LogP contribution in [0.15, 0.2) is 18.2 Å². The molecule has 6 nitrogen and oxygen atoms in total. The molecule has 0 bridgehead atoms. The predicted molar refractivity (Wildman–Crippen MR) is 94.1 cm³/mol. The minimum absolute atomic E-state index is 0.173. The monoisotopic (exact) mass is 349 g/mol. The molecule has 0 unspecified atom stereocenters. The molecule has 1 aliphatic carbocycles. The molecule has 6 heteroatoms. The molecule has 2 rings (SSSR count). The zero-order valence-corrected chi connectivity index (χ0v) is 15.0. The van der Waals surface area contributed by atoms with Gasteiger partial charge in [0.2, 0.25) is 0 Å². The summed E-state index contributed by atoms with van der Waals surface area (Å²) in [6, 6.07) is 5.18. The van der Waals surface area contributed by atoms with E-state index in [1.165, 1.54) is 33.5 Å². The summed E-state index contributed by atoms with van der Waals surface area (Å²) in [7, 11) is 2.93. The molecule has 1 aliphatic rings. The van der Waals surface area contributed by atoms with Crippen LogP contribution in [0.4, 0.5) is 0 Å². The van der Waals surface area contributed by atoms with Gasteiger partial charge >= 0.3 is 5.97 Å². The Hall–Kier alpha value is -2.24. The highest BCUT2D eigenvalue weighted by Gasteiger charge is 2.21. The van der Waals surface area contributed by atoms with Gasteiger partial charge in [-0.2, -0.15) is 0 Å². The van der Waals surface area contributed by atoms with Crippen molar-refractivity contribution in [3.05, 3.63) is 23.8 Å². The van der Waals surface area contributed by atoms with Gasteiger partial charge in [0.1, 0.15) is 17.1 Å². The van der Waals surface area contributed by atoms with E-state index >= 15 is 0 Å². The quantitative estimate of drug-likeness (QED) is 0.799. The van der Waals surface area contributed by atoms with E-state index in [0.29, 0.717) is 11.5 Å². The number of benzene rings is 1. The Morgan fingerprint density at radius 2 is 1.56 bits per heavy atom. The number of amides is 1. The lowest BCUT2D eigenvalue weighted by atomic mass is 9.97. The molecule has 1 fully saturated rings. The molecule has 25 heavy (non-hydrogen) atoms. The summed E-state index contributed by atoms with van der Waals surface area (Å²) in [5.41, 5.74) is 0.186. The average molecular weight is 349 g/mol. The van der Waals surface area contributed by atoms with Crippen molar-refractivity contribution in [2.75, 3.05) is 20.8 Å². The van der Waals surface area contributed by atoms with Gasteiger partial charge in [0, 0.05) is 6.04 Å². The summed E-state index contributed by atoms with van der Waals surface area (Å²) in [5, 5.41) is 2.97. The molecule has 1 N–H and O–H groups in total. The van der Waals surface area contributed by atoms with Crippen LogP contribution in [0.3, 0.4) is 0 Å². The first kappa shape index (κ1) is 19.1. The van der Waals surface area contributed by atoms with Gasteiger partial charge in [-0.25, -0.2) is 4.79 Å². The molecular formula is C19H27NO5. The van der Waals surface area contributed by atoms with Gasteiger partial charge in [0.15, 0.2) is 6.61 Å². The number of nitrogens with one attached hydrogen (secondary N) is 1. The number of carbonyl (C=O) groups is 2. The molecule has 1 amide bonds. The van der Waals surface area contributed by atoms with Crippen molar-refractivity contribution in [3.8, 4) is 11.5 Å². The molecule has 0 saturated heterocycles. The van der Waals surface area contributed by atoms with Crippen LogP contribution in [0.25, 0.3) is 0 Å². The molecule has 0 aromatic heterocycles. The van der Waals surface area contributed by atoms with Crippen LogP contribution in [0.5, 0.6) is 11.5 Å². The fourth-order valence-corrected chi connectivity index (χ4v) is 3.13. The molecule has 0 atom stereocenters. The lowest BCUT2D eigenvalue weighted by Gasteiger charge is -2.21. The second kappa shape index (κ2) is 9.91. The number of hydrogen-bond acceptors (Lipinski definition) is 5. The van der Waals surface area contributed by atoms with E-state index in [-0.39, 0.29) is 24.1 Å². The highest BCUT2D eigenvalue weighted by molar-refractivity contribution is 5.96. The number of rotatable bonds is 6. The third kappa shape index (κ3) is 5.66. The van der Waals surface area contributed by atoms with Gasteiger partial charge in [0.05, 0.1) is 14.2 Å². The van der Waals surface area contributed by atoms with Crippen LogP contribution in [0, 0.1) is 0 Å². The van der Waals surface area contributed by atoms with Crippen molar-refractivity contribution in [2.24, 2.45) is 0 Å². The Morgan fingerprint density at radius 3 is 2.12 bits per heavy atom. The van der Waals surface area contributed by atoms with Gasteiger partial charge in [0.25, 0.3) is 5.91 Å². The molecular weight excluding hydrogens is 322 g/mol. The van der Waals surface area contributed by atoms with E-state index in [1.54, 1.807) is 18.2 Å². The summed E-state index contributed by atoms with van der Waals surface area (Å²) in [5.74, 6) is -0.204. The first-order valence-corrected chi connectivity index (χ1v) is 8.83. The Balaban J connectivity index is 1.90. The molecule has 138 valence electrons. The van der Waals surface area contributed by atoms with E-state index < -0.39 is 5.97 Å². The summed E-state index contributed by atoms with van der Waals surface area (Å²) in [6.07, 6.45) is 7.94. The topological polar surface area (TPSA) is 73.9 Å². The van der Waals surface area contributed by atoms with E-state index in [4.69, 9.17) is 14.2 Å². The SMILES string of the molecule is COc1cccc(OC)c1C(=O)OCC(=O)NC1CCCCCCC1. The highest BCUT2D eigenvalue weighted by Crippen LogP contribution is 2.28. The summed E-state index contributed by atoms with van der Waals surface area (Å²) in [6.45, 7) is -0.309. The average Bonchev–Trinajstić information content (AvgIpc) is 2.61. The molecule has 1 saturated carbocycles. The summed E-state index contributed by atoms with van der Waals surface area (Å²) >= 11 is 0. The van der Waals surface area contributed by atoms with Crippen LogP contribution in [-0.2, 0) is 9.53 Å². The summed E-state index contributed by atoms with van der Waals surface area (Å²) in [4.78, 5) is 24.4. The Bertz CT molecular complexity index is 557. The number of carbonyl (C=O) groups excluding carboxylic acids is 2. The van der Waals surface area contributed by atoms with Crippen LogP contribution >= 0.6 is 0 Å². The molecule has 0 aliphatic heterocycles. The number of methoxy groups -OCH3 is 2.